The van der Waals surface area contributed by atoms with E-state index in [1.807, 2.05) is 20.8 Å². The van der Waals surface area contributed by atoms with Crippen LogP contribution < -0.4 is 10.9 Å². The molecule has 0 unspecified atom stereocenters. The summed E-state index contributed by atoms with van der Waals surface area (Å²) >= 11 is 2.89. The summed E-state index contributed by atoms with van der Waals surface area (Å²) in [7, 11) is 0. The standard InChI is InChI=1S/C21H29N5O4S2/c1-9-26-16(27)14-11(2)12(3)32-15(14)23-18(26)31-10-13-22-17(25-30-13)21(7,8)24-19(28)29-20(4,5)6/h9-10H2,1-8H3,(H,24,28). The molecule has 3 aromatic rings. The van der Waals surface area contributed by atoms with Gasteiger partial charge in [-0.1, -0.05) is 16.9 Å². The molecule has 1 amide bonds. The van der Waals surface area contributed by atoms with Gasteiger partial charge in [0.25, 0.3) is 5.56 Å². The first-order valence-corrected chi connectivity index (χ1v) is 12.1. The van der Waals surface area contributed by atoms with Crippen LogP contribution in [0.4, 0.5) is 4.79 Å². The minimum Gasteiger partial charge on any atom is -0.444 e. The fourth-order valence-corrected chi connectivity index (χ4v) is 4.98. The number of aromatic nitrogens is 4. The summed E-state index contributed by atoms with van der Waals surface area (Å²) in [5.74, 6) is 1.05. The number of rotatable bonds is 6. The average Bonchev–Trinajstić information content (AvgIpc) is 3.23. The van der Waals surface area contributed by atoms with Crippen molar-refractivity contribution in [2.75, 3.05) is 0 Å². The molecule has 0 aliphatic heterocycles. The molecule has 3 rings (SSSR count). The van der Waals surface area contributed by atoms with Crippen LogP contribution in [0, 0.1) is 13.8 Å². The SMILES string of the molecule is CCn1c(SCc2nc(C(C)(C)NC(=O)OC(C)(C)C)no2)nc2sc(C)c(C)c2c1=O. The van der Waals surface area contributed by atoms with Gasteiger partial charge in [0, 0.05) is 11.4 Å². The van der Waals surface area contributed by atoms with Crippen LogP contribution in [0.1, 0.15) is 63.7 Å². The second-order valence-corrected chi connectivity index (χ2v) is 11.1. The molecule has 0 saturated heterocycles. The van der Waals surface area contributed by atoms with Crippen LogP contribution in [0.2, 0.25) is 0 Å². The first kappa shape index (κ1) is 24.2. The lowest BCUT2D eigenvalue weighted by atomic mass is 10.1. The van der Waals surface area contributed by atoms with E-state index in [0.29, 0.717) is 34.6 Å². The average molecular weight is 480 g/mol. The summed E-state index contributed by atoms with van der Waals surface area (Å²) in [4.78, 5) is 36.1. The van der Waals surface area contributed by atoms with E-state index >= 15 is 0 Å². The van der Waals surface area contributed by atoms with Gasteiger partial charge in [-0.2, -0.15) is 4.98 Å². The summed E-state index contributed by atoms with van der Waals surface area (Å²) in [6.45, 7) is 15.3. The van der Waals surface area contributed by atoms with E-state index in [0.717, 1.165) is 15.3 Å². The molecular weight excluding hydrogens is 450 g/mol. The van der Waals surface area contributed by atoms with Crippen molar-refractivity contribution >= 4 is 39.4 Å². The van der Waals surface area contributed by atoms with E-state index in [1.165, 1.54) is 23.1 Å². The number of thiophene rings is 1. The molecule has 11 heteroatoms. The zero-order valence-corrected chi connectivity index (χ0v) is 21.3. The topological polar surface area (TPSA) is 112 Å². The Kier molecular flexibility index (Phi) is 6.71. The number of fused-ring (bicyclic) bond motifs is 1. The Hall–Kier alpha value is -2.40. The van der Waals surface area contributed by atoms with Gasteiger partial charge in [0.15, 0.2) is 11.0 Å². The van der Waals surface area contributed by atoms with E-state index in [4.69, 9.17) is 14.2 Å². The summed E-state index contributed by atoms with van der Waals surface area (Å²) < 4.78 is 12.4. The summed E-state index contributed by atoms with van der Waals surface area (Å²) in [5.41, 5.74) is -0.538. The van der Waals surface area contributed by atoms with Crippen LogP contribution in [0.15, 0.2) is 14.5 Å². The molecule has 9 nitrogen and oxygen atoms in total. The number of thioether (sulfide) groups is 1. The molecule has 0 saturated carbocycles. The number of nitrogens with one attached hydrogen (secondary N) is 1. The van der Waals surface area contributed by atoms with Gasteiger partial charge in [0.1, 0.15) is 16.0 Å². The molecule has 3 aromatic heterocycles. The monoisotopic (exact) mass is 479 g/mol. The minimum atomic E-state index is -0.885. The predicted molar refractivity (Wildman–Crippen MR) is 125 cm³/mol. The van der Waals surface area contributed by atoms with Gasteiger partial charge in [0.05, 0.1) is 11.1 Å². The lowest BCUT2D eigenvalue weighted by Gasteiger charge is -2.26. The van der Waals surface area contributed by atoms with Gasteiger partial charge in [-0.15, -0.1) is 11.3 Å². The van der Waals surface area contributed by atoms with Crippen molar-refractivity contribution in [2.24, 2.45) is 0 Å². The van der Waals surface area contributed by atoms with Crippen molar-refractivity contribution in [1.29, 1.82) is 0 Å². The smallest absolute Gasteiger partial charge is 0.408 e. The number of hydrogen-bond donors (Lipinski definition) is 1. The van der Waals surface area contributed by atoms with Crippen LogP contribution in [0.3, 0.4) is 0 Å². The van der Waals surface area contributed by atoms with Gasteiger partial charge < -0.3 is 14.6 Å². The van der Waals surface area contributed by atoms with Crippen molar-refractivity contribution in [3.05, 3.63) is 32.5 Å². The van der Waals surface area contributed by atoms with E-state index in [9.17, 15) is 9.59 Å². The highest BCUT2D eigenvalue weighted by atomic mass is 32.2. The number of aryl methyl sites for hydroxylation is 2. The van der Waals surface area contributed by atoms with Crippen molar-refractivity contribution in [1.82, 2.24) is 25.0 Å². The van der Waals surface area contributed by atoms with E-state index in [-0.39, 0.29) is 5.56 Å². The van der Waals surface area contributed by atoms with Crippen LogP contribution in [-0.4, -0.2) is 31.4 Å². The zero-order chi connectivity index (χ0) is 23.8. The summed E-state index contributed by atoms with van der Waals surface area (Å²) in [5, 5.41) is 8.08. The first-order valence-electron chi connectivity index (χ1n) is 10.3. The van der Waals surface area contributed by atoms with Crippen molar-refractivity contribution in [3.63, 3.8) is 0 Å². The van der Waals surface area contributed by atoms with Crippen molar-refractivity contribution in [3.8, 4) is 0 Å². The lowest BCUT2D eigenvalue weighted by molar-refractivity contribution is 0.0465. The highest BCUT2D eigenvalue weighted by Gasteiger charge is 2.31. The number of nitrogens with zero attached hydrogens (tertiary/aromatic N) is 4. The largest absolute Gasteiger partial charge is 0.444 e. The third-order valence-electron chi connectivity index (χ3n) is 4.74. The fourth-order valence-electron chi connectivity index (χ4n) is 3.01. The number of alkyl carbamates (subject to hydrolysis) is 1. The van der Waals surface area contributed by atoms with Gasteiger partial charge >= 0.3 is 6.09 Å². The molecule has 174 valence electrons. The molecule has 0 aliphatic carbocycles. The zero-order valence-electron chi connectivity index (χ0n) is 19.7. The maximum absolute atomic E-state index is 13.0. The number of amides is 1. The van der Waals surface area contributed by atoms with Gasteiger partial charge in [-0.25, -0.2) is 9.78 Å². The predicted octanol–water partition coefficient (Wildman–Crippen LogP) is 4.53. The second-order valence-electron chi connectivity index (χ2n) is 8.96. The molecule has 0 aromatic carbocycles. The number of ether oxygens (including phenoxy) is 1. The Morgan fingerprint density at radius 2 is 1.91 bits per heavy atom. The minimum absolute atomic E-state index is 0.0317. The van der Waals surface area contributed by atoms with Crippen molar-refractivity contribution in [2.45, 2.75) is 84.0 Å². The van der Waals surface area contributed by atoms with Gasteiger partial charge in [-0.3, -0.25) is 9.36 Å². The molecule has 32 heavy (non-hydrogen) atoms. The normalized spacial score (nSPS) is 12.4. The highest BCUT2D eigenvalue weighted by Crippen LogP contribution is 2.29. The molecular formula is C21H29N5O4S2. The number of hydrogen-bond acceptors (Lipinski definition) is 9. The summed E-state index contributed by atoms with van der Waals surface area (Å²) in [6, 6.07) is 0. The van der Waals surface area contributed by atoms with E-state index < -0.39 is 17.2 Å². The summed E-state index contributed by atoms with van der Waals surface area (Å²) in [6.07, 6.45) is -0.561. The number of carbonyl (C=O) groups is 1. The molecule has 0 bridgehead atoms. The Morgan fingerprint density at radius 3 is 2.53 bits per heavy atom. The Labute approximate surface area is 194 Å². The Morgan fingerprint density at radius 1 is 1.22 bits per heavy atom. The third kappa shape index (κ3) is 5.15. The maximum atomic E-state index is 13.0. The maximum Gasteiger partial charge on any atom is 0.408 e. The molecule has 1 N–H and O–H groups in total. The molecule has 0 aliphatic rings. The number of carbonyl (C=O) groups excluding carboxylic acids is 1. The molecule has 3 heterocycles. The van der Waals surface area contributed by atoms with E-state index in [1.54, 1.807) is 39.2 Å². The Balaban J connectivity index is 1.77. The van der Waals surface area contributed by atoms with E-state index in [2.05, 4.69) is 15.5 Å². The molecule has 0 atom stereocenters. The lowest BCUT2D eigenvalue weighted by Crippen LogP contribution is -2.44. The second kappa shape index (κ2) is 8.86. The van der Waals surface area contributed by atoms with Crippen LogP contribution >= 0.6 is 23.1 Å². The molecule has 0 radical (unpaired) electrons. The van der Waals surface area contributed by atoms with Crippen LogP contribution in [0.25, 0.3) is 10.2 Å². The van der Waals surface area contributed by atoms with Crippen LogP contribution in [-0.2, 0) is 22.6 Å². The van der Waals surface area contributed by atoms with Gasteiger partial charge in [0.2, 0.25) is 5.89 Å². The van der Waals surface area contributed by atoms with Crippen LogP contribution in [0.5, 0.6) is 0 Å². The quantitative estimate of drug-likeness (QED) is 0.405. The van der Waals surface area contributed by atoms with Gasteiger partial charge in [-0.05, 0) is 61.0 Å². The fraction of sp³-hybridized carbons (Fsp3) is 0.571. The molecule has 0 fully saturated rings. The Bertz CT molecular complexity index is 1200. The first-order chi connectivity index (χ1) is 14.8. The van der Waals surface area contributed by atoms with Crippen molar-refractivity contribution < 1.29 is 14.1 Å². The third-order valence-corrected chi connectivity index (χ3v) is 6.80. The highest BCUT2D eigenvalue weighted by molar-refractivity contribution is 7.98. The molecule has 0 spiro atoms.